The van der Waals surface area contributed by atoms with Crippen LogP contribution in [0.3, 0.4) is 0 Å². The van der Waals surface area contributed by atoms with Crippen molar-refractivity contribution in [1.29, 1.82) is 0 Å². The van der Waals surface area contributed by atoms with Crippen molar-refractivity contribution in [3.8, 4) is 40.1 Å². The lowest BCUT2D eigenvalue weighted by Crippen LogP contribution is -2.25. The standard InChI is InChI=1S/C38H54N4O4/c1-7-12-25-42-35-28-34(44-26-13-23-40(8-2)9-3)29-36(45-27-14-24-41(10-4)11-5)37(35)39-38(42)30-15-17-32(18-16-30)46-33-21-19-31(43-6)20-22-33/h15-22,28-29H,7-14,23-27H2,1-6H3. The molecule has 0 N–H and O–H groups in total. The zero-order chi connectivity index (χ0) is 32.7. The fraction of sp³-hybridized carbons (Fsp3) is 0.500. The number of fused-ring (bicyclic) bond motifs is 1. The van der Waals surface area contributed by atoms with Gasteiger partial charge in [0, 0.05) is 37.3 Å². The Bertz CT molecular complexity index is 1440. The van der Waals surface area contributed by atoms with Crippen molar-refractivity contribution in [3.63, 3.8) is 0 Å². The number of hydrogen-bond acceptors (Lipinski definition) is 7. The van der Waals surface area contributed by atoms with Crippen LogP contribution in [0.25, 0.3) is 22.4 Å². The molecule has 4 rings (SSSR count). The van der Waals surface area contributed by atoms with Crippen LogP contribution >= 0.6 is 0 Å². The number of nitrogens with zero attached hydrogens (tertiary/aromatic N) is 4. The number of aryl methyl sites for hydroxylation is 1. The number of imidazole rings is 1. The molecule has 46 heavy (non-hydrogen) atoms. The monoisotopic (exact) mass is 630 g/mol. The number of unbranched alkanes of at least 4 members (excludes halogenated alkanes) is 1. The molecule has 0 amide bonds. The van der Waals surface area contributed by atoms with Crippen molar-refractivity contribution in [1.82, 2.24) is 19.4 Å². The first-order valence-electron chi connectivity index (χ1n) is 17.2. The van der Waals surface area contributed by atoms with Gasteiger partial charge in [0.05, 0.1) is 25.8 Å². The molecule has 8 heteroatoms. The third-order valence-electron chi connectivity index (χ3n) is 8.49. The largest absolute Gasteiger partial charge is 0.497 e. The summed E-state index contributed by atoms with van der Waals surface area (Å²) < 4.78 is 26.5. The molecule has 0 aliphatic heterocycles. The highest BCUT2D eigenvalue weighted by Crippen LogP contribution is 2.36. The molecule has 0 fully saturated rings. The van der Waals surface area contributed by atoms with E-state index in [1.54, 1.807) is 7.11 Å². The summed E-state index contributed by atoms with van der Waals surface area (Å²) in [4.78, 5) is 10.1. The summed E-state index contributed by atoms with van der Waals surface area (Å²) in [6, 6.07) is 19.9. The summed E-state index contributed by atoms with van der Waals surface area (Å²) >= 11 is 0. The fourth-order valence-electron chi connectivity index (χ4n) is 5.60. The van der Waals surface area contributed by atoms with Gasteiger partial charge in [0.1, 0.15) is 34.3 Å². The highest BCUT2D eigenvalue weighted by molar-refractivity contribution is 5.87. The van der Waals surface area contributed by atoms with Crippen LogP contribution in [0.4, 0.5) is 0 Å². The van der Waals surface area contributed by atoms with Gasteiger partial charge in [-0.2, -0.15) is 0 Å². The Morgan fingerprint density at radius 2 is 1.22 bits per heavy atom. The molecule has 3 aromatic carbocycles. The second-order valence-corrected chi connectivity index (χ2v) is 11.5. The second kappa shape index (κ2) is 18.4. The lowest BCUT2D eigenvalue weighted by molar-refractivity contribution is 0.243. The zero-order valence-corrected chi connectivity index (χ0v) is 28.9. The molecule has 0 aliphatic carbocycles. The lowest BCUT2D eigenvalue weighted by atomic mass is 10.2. The van der Waals surface area contributed by atoms with Crippen LogP contribution in [-0.4, -0.2) is 78.9 Å². The fourth-order valence-corrected chi connectivity index (χ4v) is 5.60. The first-order valence-corrected chi connectivity index (χ1v) is 17.2. The van der Waals surface area contributed by atoms with Gasteiger partial charge in [-0.3, -0.25) is 0 Å². The number of ether oxygens (including phenoxy) is 4. The molecular formula is C38H54N4O4. The van der Waals surface area contributed by atoms with Gasteiger partial charge in [-0.05, 0) is 94.0 Å². The Hall–Kier alpha value is -3.75. The molecule has 4 aromatic rings. The van der Waals surface area contributed by atoms with E-state index in [4.69, 9.17) is 23.9 Å². The Balaban J connectivity index is 1.62. The van der Waals surface area contributed by atoms with Crippen molar-refractivity contribution in [2.75, 3.05) is 59.6 Å². The molecular weight excluding hydrogens is 576 g/mol. The van der Waals surface area contributed by atoms with Crippen LogP contribution in [0, 0.1) is 0 Å². The van der Waals surface area contributed by atoms with Crippen LogP contribution in [0.5, 0.6) is 28.7 Å². The van der Waals surface area contributed by atoms with Crippen molar-refractivity contribution < 1.29 is 18.9 Å². The molecule has 0 unspecified atom stereocenters. The Morgan fingerprint density at radius 1 is 0.652 bits per heavy atom. The van der Waals surface area contributed by atoms with Gasteiger partial charge in [0.25, 0.3) is 0 Å². The Kier molecular flexibility index (Phi) is 14.1. The average Bonchev–Trinajstić information content (AvgIpc) is 3.46. The van der Waals surface area contributed by atoms with Crippen LogP contribution in [-0.2, 0) is 6.54 Å². The number of methoxy groups -OCH3 is 1. The maximum atomic E-state index is 6.47. The van der Waals surface area contributed by atoms with E-state index in [0.29, 0.717) is 13.2 Å². The van der Waals surface area contributed by atoms with Gasteiger partial charge in [-0.25, -0.2) is 4.98 Å². The molecule has 1 heterocycles. The predicted octanol–water partition coefficient (Wildman–Crippen LogP) is 8.53. The minimum absolute atomic E-state index is 0.631. The third-order valence-corrected chi connectivity index (χ3v) is 8.49. The number of benzene rings is 3. The zero-order valence-electron chi connectivity index (χ0n) is 28.9. The molecule has 0 aliphatic rings. The highest BCUT2D eigenvalue weighted by Gasteiger charge is 2.19. The molecule has 0 saturated carbocycles. The van der Waals surface area contributed by atoms with Gasteiger partial charge in [-0.15, -0.1) is 0 Å². The van der Waals surface area contributed by atoms with Crippen LogP contribution in [0.1, 0.15) is 60.3 Å². The second-order valence-electron chi connectivity index (χ2n) is 11.5. The van der Waals surface area contributed by atoms with Crippen molar-refractivity contribution in [2.24, 2.45) is 0 Å². The molecule has 0 atom stereocenters. The molecule has 0 radical (unpaired) electrons. The first kappa shape index (κ1) is 35.1. The topological polar surface area (TPSA) is 61.2 Å². The maximum absolute atomic E-state index is 6.47. The van der Waals surface area contributed by atoms with E-state index in [-0.39, 0.29) is 0 Å². The van der Waals surface area contributed by atoms with Crippen LogP contribution in [0.2, 0.25) is 0 Å². The van der Waals surface area contributed by atoms with Gasteiger partial charge < -0.3 is 33.3 Å². The molecule has 0 saturated heterocycles. The normalized spacial score (nSPS) is 11.5. The summed E-state index contributed by atoms with van der Waals surface area (Å²) in [5, 5.41) is 0. The van der Waals surface area contributed by atoms with E-state index in [9.17, 15) is 0 Å². The van der Waals surface area contributed by atoms with Crippen LogP contribution < -0.4 is 18.9 Å². The van der Waals surface area contributed by atoms with Crippen molar-refractivity contribution in [3.05, 3.63) is 60.7 Å². The summed E-state index contributed by atoms with van der Waals surface area (Å²) in [6.07, 6.45) is 4.07. The van der Waals surface area contributed by atoms with E-state index < -0.39 is 0 Å². The number of rotatable bonds is 21. The summed E-state index contributed by atoms with van der Waals surface area (Å²) in [5.74, 6) is 4.86. The number of hydrogen-bond donors (Lipinski definition) is 0. The van der Waals surface area contributed by atoms with E-state index in [1.807, 2.05) is 42.5 Å². The first-order chi connectivity index (χ1) is 22.5. The van der Waals surface area contributed by atoms with E-state index >= 15 is 0 Å². The minimum atomic E-state index is 0.631. The lowest BCUT2D eigenvalue weighted by Gasteiger charge is -2.18. The van der Waals surface area contributed by atoms with E-state index in [0.717, 1.165) is 123 Å². The SMILES string of the molecule is CCCCn1c(-c2ccc(Oc3ccc(OC)cc3)cc2)nc2c(OCCCN(CC)CC)cc(OCCCN(CC)CC)cc21. The minimum Gasteiger partial charge on any atom is -0.497 e. The maximum Gasteiger partial charge on any atom is 0.150 e. The quantitative estimate of drug-likeness (QED) is 0.0856. The molecule has 0 bridgehead atoms. The predicted molar refractivity (Wildman–Crippen MR) is 189 cm³/mol. The summed E-state index contributed by atoms with van der Waals surface area (Å²) in [5.41, 5.74) is 2.95. The molecule has 0 spiro atoms. The number of aromatic nitrogens is 2. The summed E-state index contributed by atoms with van der Waals surface area (Å²) in [7, 11) is 1.66. The Morgan fingerprint density at radius 3 is 1.78 bits per heavy atom. The van der Waals surface area contributed by atoms with Crippen molar-refractivity contribution in [2.45, 2.75) is 66.8 Å². The van der Waals surface area contributed by atoms with E-state index in [1.165, 1.54) is 0 Å². The average molecular weight is 631 g/mol. The summed E-state index contributed by atoms with van der Waals surface area (Å²) in [6.45, 7) is 19.5. The molecule has 1 aromatic heterocycles. The Labute approximate surface area is 276 Å². The van der Waals surface area contributed by atoms with Gasteiger partial charge in [0.2, 0.25) is 0 Å². The molecule has 250 valence electrons. The highest BCUT2D eigenvalue weighted by atomic mass is 16.5. The van der Waals surface area contributed by atoms with E-state index in [2.05, 4.69) is 67.2 Å². The van der Waals surface area contributed by atoms with Crippen molar-refractivity contribution >= 4 is 11.0 Å². The van der Waals surface area contributed by atoms with Crippen LogP contribution in [0.15, 0.2) is 60.7 Å². The molecule has 8 nitrogen and oxygen atoms in total. The van der Waals surface area contributed by atoms with Gasteiger partial charge in [0.15, 0.2) is 5.75 Å². The third kappa shape index (κ3) is 9.63. The van der Waals surface area contributed by atoms with Gasteiger partial charge in [-0.1, -0.05) is 41.0 Å². The van der Waals surface area contributed by atoms with Gasteiger partial charge >= 0.3 is 0 Å². The smallest absolute Gasteiger partial charge is 0.150 e.